The van der Waals surface area contributed by atoms with E-state index in [0.717, 1.165) is 0 Å². The van der Waals surface area contributed by atoms with E-state index in [4.69, 9.17) is 6.42 Å². The van der Waals surface area contributed by atoms with Gasteiger partial charge in [-0.25, -0.2) is 0 Å². The zero-order valence-corrected chi connectivity index (χ0v) is 7.82. The van der Waals surface area contributed by atoms with Gasteiger partial charge in [0.25, 0.3) is 0 Å². The molecule has 0 N–H and O–H groups in total. The van der Waals surface area contributed by atoms with E-state index in [0.29, 0.717) is 0 Å². The summed E-state index contributed by atoms with van der Waals surface area (Å²) in [4.78, 5) is 0. The van der Waals surface area contributed by atoms with Gasteiger partial charge in [0, 0.05) is 0 Å². The number of terminal acetylenes is 1. The van der Waals surface area contributed by atoms with E-state index in [1.54, 1.807) is 0 Å². The van der Waals surface area contributed by atoms with Crippen molar-refractivity contribution in [2.24, 2.45) is 0 Å². The summed E-state index contributed by atoms with van der Waals surface area (Å²) in [6.07, 6.45) is 5.19. The van der Waals surface area contributed by atoms with E-state index in [1.165, 1.54) is 3.58 Å². The zero-order valence-electron chi connectivity index (χ0n) is 4.96. The Labute approximate surface area is 65.5 Å². The van der Waals surface area contributed by atoms with Crippen molar-refractivity contribution in [2.75, 3.05) is 0 Å². The second-order valence-electron chi connectivity index (χ2n) is 1.64. The van der Waals surface area contributed by atoms with Gasteiger partial charge < -0.3 is 0 Å². The van der Waals surface area contributed by atoms with Gasteiger partial charge in [-0.3, -0.25) is 0 Å². The van der Waals surface area contributed by atoms with Crippen molar-refractivity contribution in [1.82, 2.24) is 0 Å². The van der Waals surface area contributed by atoms with Gasteiger partial charge in [0.05, 0.1) is 0 Å². The number of benzene rings is 1. The third-order valence-electron chi connectivity index (χ3n) is 0.990. The van der Waals surface area contributed by atoms with Gasteiger partial charge >= 0.3 is 65.4 Å². The third kappa shape index (κ3) is 2.11. The molecule has 0 bridgehead atoms. The third-order valence-corrected chi connectivity index (χ3v) is 3.18. The SMILES string of the molecule is C#[C][Sn][c]1ccccc1. The molecule has 0 aromatic heterocycles. The minimum atomic E-state index is -0.622. The van der Waals surface area contributed by atoms with E-state index in [1.807, 2.05) is 18.2 Å². The normalized spacial score (nSPS) is 8.33. The van der Waals surface area contributed by atoms with Crippen LogP contribution in [-0.2, 0) is 0 Å². The second-order valence-corrected chi connectivity index (χ2v) is 4.82. The summed E-state index contributed by atoms with van der Waals surface area (Å²) < 4.78 is 4.13. The first-order valence-corrected chi connectivity index (χ1v) is 5.55. The van der Waals surface area contributed by atoms with Crippen LogP contribution in [0.4, 0.5) is 0 Å². The molecule has 0 aliphatic carbocycles. The Morgan fingerprint density at radius 3 is 2.44 bits per heavy atom. The molecule has 0 aliphatic rings. The Kier molecular flexibility index (Phi) is 2.66. The standard InChI is InChI=1S/C6H5.C2H.Sn/c1-2-4-6-5-3-1;1-2;/h1-5H;1H;. The Morgan fingerprint density at radius 2 is 1.89 bits per heavy atom. The van der Waals surface area contributed by atoms with Crippen molar-refractivity contribution in [3.8, 4) is 10.4 Å². The van der Waals surface area contributed by atoms with Crippen LogP contribution < -0.4 is 3.58 Å². The average Bonchev–Trinajstić information content (AvgIpc) is 1.91. The van der Waals surface area contributed by atoms with Gasteiger partial charge in [0.2, 0.25) is 0 Å². The Balaban J connectivity index is 2.76. The fourth-order valence-corrected chi connectivity index (χ4v) is 2.11. The van der Waals surface area contributed by atoms with Crippen LogP contribution in [0.15, 0.2) is 30.3 Å². The molecule has 0 fully saturated rings. The summed E-state index contributed by atoms with van der Waals surface area (Å²) in [6, 6.07) is 10.3. The molecule has 0 atom stereocenters. The Morgan fingerprint density at radius 1 is 1.22 bits per heavy atom. The number of hydrogen-bond acceptors (Lipinski definition) is 0. The minimum absolute atomic E-state index is 0.622. The molecule has 2 radical (unpaired) electrons. The summed E-state index contributed by atoms with van der Waals surface area (Å²) >= 11 is -0.622. The van der Waals surface area contributed by atoms with Crippen molar-refractivity contribution >= 4 is 24.7 Å². The van der Waals surface area contributed by atoms with Crippen molar-refractivity contribution in [3.05, 3.63) is 30.3 Å². The van der Waals surface area contributed by atoms with E-state index in [2.05, 4.69) is 16.1 Å². The molecule has 0 nitrogen and oxygen atoms in total. The van der Waals surface area contributed by atoms with Crippen LogP contribution in [-0.4, -0.2) is 21.1 Å². The van der Waals surface area contributed by atoms with E-state index >= 15 is 0 Å². The molecule has 0 aliphatic heterocycles. The van der Waals surface area contributed by atoms with E-state index in [-0.39, 0.29) is 0 Å². The van der Waals surface area contributed by atoms with Crippen LogP contribution in [0.5, 0.6) is 0 Å². The first-order valence-electron chi connectivity index (χ1n) is 2.70. The van der Waals surface area contributed by atoms with E-state index < -0.39 is 21.1 Å². The van der Waals surface area contributed by atoms with Crippen LogP contribution in [0, 0.1) is 10.4 Å². The maximum absolute atomic E-state index is 5.19. The van der Waals surface area contributed by atoms with Gasteiger partial charge in [-0.05, 0) is 0 Å². The summed E-state index contributed by atoms with van der Waals surface area (Å²) in [5.41, 5.74) is 0. The predicted octanol–water partition coefficient (Wildman–Crippen LogP) is 0.607. The predicted molar refractivity (Wildman–Crippen MR) is 40.7 cm³/mol. The molecule has 0 spiro atoms. The van der Waals surface area contributed by atoms with E-state index in [9.17, 15) is 0 Å². The van der Waals surface area contributed by atoms with Crippen molar-refractivity contribution in [1.29, 1.82) is 0 Å². The second kappa shape index (κ2) is 3.57. The van der Waals surface area contributed by atoms with Gasteiger partial charge in [0.15, 0.2) is 0 Å². The topological polar surface area (TPSA) is 0 Å². The summed E-state index contributed by atoms with van der Waals surface area (Å²) in [5.74, 6) is 0. The molecule has 0 saturated heterocycles. The molecule has 9 heavy (non-hydrogen) atoms. The molecule has 1 rings (SSSR count). The first kappa shape index (κ1) is 6.70. The van der Waals surface area contributed by atoms with Crippen molar-refractivity contribution < 1.29 is 0 Å². The molecule has 0 heterocycles. The maximum atomic E-state index is 5.19. The van der Waals surface area contributed by atoms with Crippen LogP contribution in [0.2, 0.25) is 0 Å². The molecule has 1 heteroatoms. The quantitative estimate of drug-likeness (QED) is 0.481. The zero-order chi connectivity index (χ0) is 6.53. The Bertz CT molecular complexity index is 208. The van der Waals surface area contributed by atoms with Crippen molar-refractivity contribution in [3.63, 3.8) is 0 Å². The molecule has 0 saturated carbocycles. The molecule has 1 aromatic carbocycles. The molecule has 42 valence electrons. The van der Waals surface area contributed by atoms with Crippen LogP contribution >= 0.6 is 0 Å². The summed E-state index contributed by atoms with van der Waals surface area (Å²) in [7, 11) is 0. The summed E-state index contributed by atoms with van der Waals surface area (Å²) in [5, 5.41) is 0. The number of hydrogen-bond donors (Lipinski definition) is 0. The molecular formula is C8H6Sn. The van der Waals surface area contributed by atoms with Gasteiger partial charge in [0.1, 0.15) is 0 Å². The van der Waals surface area contributed by atoms with Gasteiger partial charge in [-0.15, -0.1) is 0 Å². The van der Waals surface area contributed by atoms with Crippen LogP contribution in [0.25, 0.3) is 0 Å². The Hall–Kier alpha value is -0.421. The van der Waals surface area contributed by atoms with Crippen molar-refractivity contribution in [2.45, 2.75) is 0 Å². The average molecular weight is 221 g/mol. The van der Waals surface area contributed by atoms with Gasteiger partial charge in [-0.1, -0.05) is 0 Å². The molecule has 0 amide bonds. The molecular weight excluding hydrogens is 215 g/mol. The first-order chi connectivity index (χ1) is 4.43. The van der Waals surface area contributed by atoms with Crippen LogP contribution in [0.3, 0.4) is 0 Å². The van der Waals surface area contributed by atoms with Gasteiger partial charge in [-0.2, -0.15) is 0 Å². The summed E-state index contributed by atoms with van der Waals surface area (Å²) in [6.45, 7) is 0. The fourth-order valence-electron chi connectivity index (χ4n) is 0.605. The molecule has 1 aromatic rings. The molecule has 0 unspecified atom stereocenters. The van der Waals surface area contributed by atoms with Crippen LogP contribution in [0.1, 0.15) is 0 Å². The fraction of sp³-hybridized carbons (Fsp3) is 0. The number of rotatable bonds is 1. The monoisotopic (exact) mass is 222 g/mol.